The Bertz CT molecular complexity index is 422. The Balaban J connectivity index is 2.57. The molecule has 0 atom stereocenters. The molecule has 0 saturated heterocycles. The highest BCUT2D eigenvalue weighted by molar-refractivity contribution is 7.98. The number of rotatable bonds is 2. The smallest absolute Gasteiger partial charge is 0.256 e. The minimum atomic E-state index is 0.0330. The summed E-state index contributed by atoms with van der Waals surface area (Å²) in [5, 5.41) is 9.55. The van der Waals surface area contributed by atoms with Gasteiger partial charge < -0.3 is 9.52 Å². The van der Waals surface area contributed by atoms with E-state index in [0.717, 1.165) is 16.7 Å². The van der Waals surface area contributed by atoms with Crippen LogP contribution < -0.4 is 0 Å². The Hall–Kier alpha value is -1.00. The molecule has 0 bridgehead atoms. The lowest BCUT2D eigenvalue weighted by molar-refractivity contribution is 0.282. The molecule has 0 radical (unpaired) electrons. The van der Waals surface area contributed by atoms with Crippen LogP contribution in [0.3, 0.4) is 0 Å². The predicted octanol–water partition coefficient (Wildman–Crippen LogP) is 2.04. The van der Waals surface area contributed by atoms with Gasteiger partial charge in [0, 0.05) is 0 Å². The molecule has 0 aliphatic rings. The molecule has 13 heavy (non-hydrogen) atoms. The molecule has 0 aliphatic heterocycles. The van der Waals surface area contributed by atoms with Gasteiger partial charge in [0.25, 0.3) is 5.22 Å². The van der Waals surface area contributed by atoms with Crippen LogP contribution in [0.1, 0.15) is 5.56 Å². The number of aromatic nitrogens is 1. The normalized spacial score (nSPS) is 10.9. The fourth-order valence-electron chi connectivity index (χ4n) is 1.13. The monoisotopic (exact) mass is 195 g/mol. The molecule has 0 fully saturated rings. The van der Waals surface area contributed by atoms with Crippen LogP contribution in [0.5, 0.6) is 0 Å². The Morgan fingerprint density at radius 3 is 3.08 bits per heavy atom. The summed E-state index contributed by atoms with van der Waals surface area (Å²) in [6, 6.07) is 5.50. The third-order valence-corrected chi connectivity index (χ3v) is 2.31. The second kappa shape index (κ2) is 3.40. The molecule has 0 aliphatic carbocycles. The van der Waals surface area contributed by atoms with Gasteiger partial charge in [0.05, 0.1) is 6.61 Å². The highest BCUT2D eigenvalue weighted by Gasteiger charge is 2.04. The van der Waals surface area contributed by atoms with Crippen LogP contribution in [0.15, 0.2) is 27.8 Å². The first-order valence-electron chi connectivity index (χ1n) is 3.88. The van der Waals surface area contributed by atoms with Gasteiger partial charge in [-0.2, -0.15) is 0 Å². The molecule has 1 aromatic heterocycles. The number of hydrogen-bond acceptors (Lipinski definition) is 4. The second-order valence-corrected chi connectivity index (χ2v) is 3.40. The quantitative estimate of drug-likeness (QED) is 0.745. The Morgan fingerprint density at radius 1 is 1.54 bits per heavy atom. The number of hydrogen-bond donors (Lipinski definition) is 1. The molecule has 1 heterocycles. The Morgan fingerprint density at radius 2 is 2.38 bits per heavy atom. The van der Waals surface area contributed by atoms with Gasteiger partial charge in [0.15, 0.2) is 5.58 Å². The number of oxazole rings is 1. The van der Waals surface area contributed by atoms with Crippen molar-refractivity contribution >= 4 is 22.9 Å². The molecule has 4 heteroatoms. The van der Waals surface area contributed by atoms with E-state index in [0.29, 0.717) is 5.22 Å². The lowest BCUT2D eigenvalue weighted by atomic mass is 10.2. The molecule has 0 spiro atoms. The molecule has 68 valence electrons. The number of fused-ring (bicyclic) bond motifs is 1. The fraction of sp³-hybridized carbons (Fsp3) is 0.222. The SMILES string of the molecule is CSc1nc2ccc(CO)cc2o1. The van der Waals surface area contributed by atoms with E-state index < -0.39 is 0 Å². The minimum Gasteiger partial charge on any atom is -0.431 e. The molecule has 2 rings (SSSR count). The summed E-state index contributed by atoms with van der Waals surface area (Å²) in [5.41, 5.74) is 2.41. The van der Waals surface area contributed by atoms with Crippen molar-refractivity contribution in [2.75, 3.05) is 6.26 Å². The number of nitrogens with zero attached hydrogens (tertiary/aromatic N) is 1. The number of aliphatic hydroxyl groups excluding tert-OH is 1. The first-order valence-corrected chi connectivity index (χ1v) is 5.10. The molecule has 1 N–H and O–H groups in total. The van der Waals surface area contributed by atoms with Crippen LogP contribution in [0.4, 0.5) is 0 Å². The standard InChI is InChI=1S/C9H9NO2S/c1-13-9-10-7-3-2-6(5-11)4-8(7)12-9/h2-4,11H,5H2,1H3. The molecule has 0 unspecified atom stereocenters. The van der Waals surface area contributed by atoms with E-state index in [-0.39, 0.29) is 6.61 Å². The summed E-state index contributed by atoms with van der Waals surface area (Å²) >= 11 is 1.47. The zero-order valence-corrected chi connectivity index (χ0v) is 7.97. The number of benzene rings is 1. The summed E-state index contributed by atoms with van der Waals surface area (Å²) in [4.78, 5) is 4.22. The van der Waals surface area contributed by atoms with Gasteiger partial charge in [-0.05, 0) is 24.0 Å². The molecular weight excluding hydrogens is 186 g/mol. The third-order valence-electron chi connectivity index (χ3n) is 1.79. The molecule has 3 nitrogen and oxygen atoms in total. The van der Waals surface area contributed by atoms with Crippen molar-refractivity contribution < 1.29 is 9.52 Å². The Kier molecular flexibility index (Phi) is 2.24. The van der Waals surface area contributed by atoms with E-state index in [2.05, 4.69) is 4.98 Å². The number of thioether (sulfide) groups is 1. The van der Waals surface area contributed by atoms with Gasteiger partial charge in [-0.3, -0.25) is 0 Å². The third kappa shape index (κ3) is 1.55. The average molecular weight is 195 g/mol. The molecule has 1 aromatic carbocycles. The summed E-state index contributed by atoms with van der Waals surface area (Å²) in [6.45, 7) is 0.0330. The van der Waals surface area contributed by atoms with Crippen molar-refractivity contribution in [2.24, 2.45) is 0 Å². The van der Waals surface area contributed by atoms with E-state index >= 15 is 0 Å². The maximum Gasteiger partial charge on any atom is 0.256 e. The summed E-state index contributed by atoms with van der Waals surface area (Å²) < 4.78 is 5.40. The maximum absolute atomic E-state index is 8.89. The lowest BCUT2D eigenvalue weighted by Crippen LogP contribution is -1.80. The van der Waals surface area contributed by atoms with E-state index in [1.165, 1.54) is 11.8 Å². The van der Waals surface area contributed by atoms with Crippen LogP contribution in [0.25, 0.3) is 11.1 Å². The zero-order chi connectivity index (χ0) is 9.26. The van der Waals surface area contributed by atoms with Crippen LogP contribution in [0.2, 0.25) is 0 Å². The fourth-order valence-corrected chi connectivity index (χ4v) is 1.50. The Labute approximate surface area is 79.8 Å². The van der Waals surface area contributed by atoms with Gasteiger partial charge in [-0.15, -0.1) is 0 Å². The van der Waals surface area contributed by atoms with E-state index in [1.807, 2.05) is 24.5 Å². The molecule has 2 aromatic rings. The van der Waals surface area contributed by atoms with Crippen LogP contribution in [0, 0.1) is 0 Å². The second-order valence-electron chi connectivity index (χ2n) is 2.64. The highest BCUT2D eigenvalue weighted by atomic mass is 32.2. The van der Waals surface area contributed by atoms with Crippen molar-refractivity contribution in [1.82, 2.24) is 4.98 Å². The van der Waals surface area contributed by atoms with Gasteiger partial charge in [0.1, 0.15) is 5.52 Å². The molecule has 0 amide bonds. The highest BCUT2D eigenvalue weighted by Crippen LogP contribution is 2.22. The van der Waals surface area contributed by atoms with Crippen LogP contribution >= 0.6 is 11.8 Å². The summed E-state index contributed by atoms with van der Waals surface area (Å²) in [7, 11) is 0. The van der Waals surface area contributed by atoms with Gasteiger partial charge in [-0.1, -0.05) is 17.8 Å². The van der Waals surface area contributed by atoms with E-state index in [4.69, 9.17) is 9.52 Å². The van der Waals surface area contributed by atoms with Crippen molar-refractivity contribution in [3.8, 4) is 0 Å². The topological polar surface area (TPSA) is 46.3 Å². The largest absolute Gasteiger partial charge is 0.431 e. The van der Waals surface area contributed by atoms with E-state index in [1.54, 1.807) is 0 Å². The van der Waals surface area contributed by atoms with Crippen molar-refractivity contribution in [3.63, 3.8) is 0 Å². The van der Waals surface area contributed by atoms with Crippen molar-refractivity contribution in [2.45, 2.75) is 11.8 Å². The lowest BCUT2D eigenvalue weighted by Gasteiger charge is -1.92. The molecular formula is C9H9NO2S. The zero-order valence-electron chi connectivity index (χ0n) is 7.15. The van der Waals surface area contributed by atoms with Gasteiger partial charge >= 0.3 is 0 Å². The first kappa shape index (κ1) is 8.59. The van der Waals surface area contributed by atoms with Crippen molar-refractivity contribution in [3.05, 3.63) is 23.8 Å². The minimum absolute atomic E-state index is 0.0330. The number of aliphatic hydroxyl groups is 1. The van der Waals surface area contributed by atoms with Crippen LogP contribution in [-0.2, 0) is 6.61 Å². The summed E-state index contributed by atoms with van der Waals surface area (Å²) in [5.74, 6) is 0. The van der Waals surface area contributed by atoms with Gasteiger partial charge in [-0.25, -0.2) is 4.98 Å². The van der Waals surface area contributed by atoms with Crippen molar-refractivity contribution in [1.29, 1.82) is 0 Å². The van der Waals surface area contributed by atoms with Crippen LogP contribution in [-0.4, -0.2) is 16.3 Å². The predicted molar refractivity (Wildman–Crippen MR) is 51.7 cm³/mol. The molecule has 0 saturated carbocycles. The maximum atomic E-state index is 8.89. The van der Waals surface area contributed by atoms with E-state index in [9.17, 15) is 0 Å². The average Bonchev–Trinajstić information content (AvgIpc) is 2.58. The summed E-state index contributed by atoms with van der Waals surface area (Å²) in [6.07, 6.45) is 1.91. The first-order chi connectivity index (χ1) is 6.33. The van der Waals surface area contributed by atoms with Gasteiger partial charge in [0.2, 0.25) is 0 Å².